The van der Waals surface area contributed by atoms with Crippen molar-refractivity contribution < 1.29 is 4.79 Å². The Morgan fingerprint density at radius 3 is 2.55 bits per heavy atom. The van der Waals surface area contributed by atoms with Crippen LogP contribution in [0.25, 0.3) is 32.9 Å². The van der Waals surface area contributed by atoms with E-state index in [1.54, 1.807) is 17.3 Å². The largest absolute Gasteiger partial charge is 0.384 e. The maximum Gasteiger partial charge on any atom is 0.246 e. The van der Waals surface area contributed by atoms with Gasteiger partial charge < -0.3 is 15.5 Å². The van der Waals surface area contributed by atoms with E-state index in [0.29, 0.717) is 47.7 Å². The third kappa shape index (κ3) is 3.83. The van der Waals surface area contributed by atoms with Gasteiger partial charge in [-0.1, -0.05) is 41.9 Å². The molecule has 0 unspecified atom stereocenters. The number of carbonyl (C=O) groups is 1. The van der Waals surface area contributed by atoms with E-state index in [2.05, 4.69) is 26.4 Å². The molecule has 0 spiro atoms. The van der Waals surface area contributed by atoms with Crippen molar-refractivity contribution in [3.63, 3.8) is 0 Å². The number of pyridine rings is 1. The van der Waals surface area contributed by atoms with E-state index in [1.807, 2.05) is 30.3 Å². The third-order valence-corrected chi connectivity index (χ3v) is 6.51. The molecule has 4 aromatic rings. The molecule has 33 heavy (non-hydrogen) atoms. The molecule has 1 aliphatic rings. The number of anilines is 2. The van der Waals surface area contributed by atoms with Crippen LogP contribution in [0.1, 0.15) is 0 Å². The molecule has 166 valence electrons. The fourth-order valence-electron chi connectivity index (χ4n) is 4.23. The molecule has 1 saturated heterocycles. The van der Waals surface area contributed by atoms with Gasteiger partial charge in [-0.2, -0.15) is 0 Å². The zero-order chi connectivity index (χ0) is 23.1. The number of nitrogens with zero attached hydrogens (tertiary/aromatic N) is 5. The predicted octanol–water partition coefficient (Wildman–Crippen LogP) is 4.57. The Labute approximate surface area is 200 Å². The first-order chi connectivity index (χ1) is 16.0. The number of halogens is 2. The average molecular weight is 479 g/mol. The Balaban J connectivity index is 1.58. The second-order valence-corrected chi connectivity index (χ2v) is 8.61. The third-order valence-electron chi connectivity index (χ3n) is 5.86. The van der Waals surface area contributed by atoms with Crippen molar-refractivity contribution in [1.29, 1.82) is 0 Å². The first-order valence-corrected chi connectivity index (χ1v) is 11.2. The molecule has 0 bridgehead atoms. The van der Waals surface area contributed by atoms with Crippen molar-refractivity contribution in [1.82, 2.24) is 19.9 Å². The Morgan fingerprint density at radius 2 is 1.79 bits per heavy atom. The summed E-state index contributed by atoms with van der Waals surface area (Å²) in [6.07, 6.45) is 2.89. The molecule has 0 saturated carbocycles. The van der Waals surface area contributed by atoms with Crippen LogP contribution in [0.15, 0.2) is 55.4 Å². The molecule has 9 heteroatoms. The van der Waals surface area contributed by atoms with Crippen LogP contribution in [0.2, 0.25) is 10.0 Å². The molecular weight excluding hydrogens is 459 g/mol. The van der Waals surface area contributed by atoms with Gasteiger partial charge in [-0.25, -0.2) is 15.0 Å². The van der Waals surface area contributed by atoms with Crippen LogP contribution in [0.4, 0.5) is 11.6 Å². The van der Waals surface area contributed by atoms with Crippen LogP contribution in [-0.4, -0.2) is 51.9 Å². The van der Waals surface area contributed by atoms with Gasteiger partial charge in [0.05, 0.1) is 16.2 Å². The summed E-state index contributed by atoms with van der Waals surface area (Å²) in [7, 11) is 0. The lowest BCUT2D eigenvalue weighted by Crippen LogP contribution is -2.48. The fraction of sp³-hybridized carbons (Fsp3) is 0.167. The number of rotatable bonds is 3. The molecule has 1 amide bonds. The minimum Gasteiger partial charge on any atom is -0.384 e. The number of fused-ring (bicyclic) bond motifs is 2. The standard InChI is InChI=1S/C24H20Cl2N6O/c1-2-22(33)31-6-8-32(9-7-31)24-17-10-19(26)16(11-20(17)28-13-29-24)23-14-4-3-5-18(25)15(14)12-21(27)30-23/h2-5,10-13H,1,6-9H2,(H2,27,30). The lowest BCUT2D eigenvalue weighted by atomic mass is 10.0. The normalized spacial score (nSPS) is 14.1. The van der Waals surface area contributed by atoms with Gasteiger partial charge in [0.15, 0.2) is 0 Å². The van der Waals surface area contributed by atoms with Gasteiger partial charge in [0, 0.05) is 52.9 Å². The molecule has 0 aliphatic carbocycles. The lowest BCUT2D eigenvalue weighted by molar-refractivity contribution is -0.126. The van der Waals surface area contributed by atoms with Crippen LogP contribution in [0.3, 0.4) is 0 Å². The van der Waals surface area contributed by atoms with E-state index in [9.17, 15) is 4.79 Å². The molecule has 5 rings (SSSR count). The van der Waals surface area contributed by atoms with Gasteiger partial charge in [0.1, 0.15) is 18.0 Å². The SMILES string of the molecule is C=CC(=O)N1CCN(c2ncnc3cc(-c4nc(N)cc5c(Cl)cccc45)c(Cl)cc23)CC1. The maximum atomic E-state index is 11.9. The van der Waals surface area contributed by atoms with Gasteiger partial charge in [-0.15, -0.1) is 0 Å². The van der Waals surface area contributed by atoms with Gasteiger partial charge in [-0.05, 0) is 30.3 Å². The molecule has 1 aliphatic heterocycles. The molecule has 2 N–H and O–H groups in total. The number of hydrogen-bond donors (Lipinski definition) is 1. The first-order valence-electron chi connectivity index (χ1n) is 10.4. The van der Waals surface area contributed by atoms with E-state index < -0.39 is 0 Å². The molecular formula is C24H20Cl2N6O. The highest BCUT2D eigenvalue weighted by molar-refractivity contribution is 6.37. The van der Waals surface area contributed by atoms with E-state index in [0.717, 1.165) is 33.1 Å². The predicted molar refractivity (Wildman–Crippen MR) is 134 cm³/mol. The minimum atomic E-state index is -0.0585. The second-order valence-electron chi connectivity index (χ2n) is 7.79. The summed E-state index contributed by atoms with van der Waals surface area (Å²) in [6, 6.07) is 11.2. The number of carbonyl (C=O) groups excluding carboxylic acids is 1. The highest BCUT2D eigenvalue weighted by atomic mass is 35.5. The highest BCUT2D eigenvalue weighted by Crippen LogP contribution is 2.38. The number of amides is 1. The summed E-state index contributed by atoms with van der Waals surface area (Å²) in [5, 5.41) is 3.61. The summed E-state index contributed by atoms with van der Waals surface area (Å²) in [5.41, 5.74) is 8.18. The average Bonchev–Trinajstić information content (AvgIpc) is 2.83. The lowest BCUT2D eigenvalue weighted by Gasteiger charge is -2.35. The van der Waals surface area contributed by atoms with E-state index in [1.165, 1.54) is 6.08 Å². The van der Waals surface area contributed by atoms with Gasteiger partial charge >= 0.3 is 0 Å². The minimum absolute atomic E-state index is 0.0585. The van der Waals surface area contributed by atoms with Crippen molar-refractivity contribution in [2.45, 2.75) is 0 Å². The Bertz CT molecular complexity index is 1420. The molecule has 2 aromatic heterocycles. The van der Waals surface area contributed by atoms with Crippen LogP contribution < -0.4 is 10.6 Å². The number of benzene rings is 2. The van der Waals surface area contributed by atoms with Crippen molar-refractivity contribution >= 4 is 62.4 Å². The topological polar surface area (TPSA) is 88.2 Å². The quantitative estimate of drug-likeness (QED) is 0.433. The molecule has 3 heterocycles. The van der Waals surface area contributed by atoms with Gasteiger partial charge in [-0.3, -0.25) is 4.79 Å². The van der Waals surface area contributed by atoms with Crippen LogP contribution in [0, 0.1) is 0 Å². The Morgan fingerprint density at radius 1 is 1.00 bits per heavy atom. The first kappa shape index (κ1) is 21.4. The molecule has 0 atom stereocenters. The maximum absolute atomic E-state index is 11.9. The van der Waals surface area contributed by atoms with Crippen LogP contribution in [0.5, 0.6) is 0 Å². The molecule has 7 nitrogen and oxygen atoms in total. The van der Waals surface area contributed by atoms with Crippen molar-refractivity contribution in [2.75, 3.05) is 36.8 Å². The summed E-state index contributed by atoms with van der Waals surface area (Å²) in [5.74, 6) is 1.08. The fourth-order valence-corrected chi connectivity index (χ4v) is 4.71. The Hall–Kier alpha value is -3.42. The summed E-state index contributed by atoms with van der Waals surface area (Å²) in [6.45, 7) is 6.08. The van der Waals surface area contributed by atoms with Gasteiger partial charge in [0.2, 0.25) is 5.91 Å². The zero-order valence-corrected chi connectivity index (χ0v) is 19.1. The van der Waals surface area contributed by atoms with Crippen molar-refractivity contribution in [2.24, 2.45) is 0 Å². The zero-order valence-electron chi connectivity index (χ0n) is 17.6. The smallest absolute Gasteiger partial charge is 0.246 e. The highest BCUT2D eigenvalue weighted by Gasteiger charge is 2.23. The number of nitrogens with two attached hydrogens (primary N) is 1. The molecule has 1 fully saturated rings. The summed E-state index contributed by atoms with van der Waals surface area (Å²) >= 11 is 13.2. The number of nitrogen functional groups attached to an aromatic ring is 1. The van der Waals surface area contributed by atoms with E-state index in [-0.39, 0.29) is 5.91 Å². The Kier molecular flexibility index (Phi) is 5.52. The summed E-state index contributed by atoms with van der Waals surface area (Å²) in [4.78, 5) is 29.4. The van der Waals surface area contributed by atoms with Crippen molar-refractivity contribution in [3.8, 4) is 11.3 Å². The van der Waals surface area contributed by atoms with E-state index >= 15 is 0 Å². The second kappa shape index (κ2) is 8.50. The number of piperazine rings is 1. The summed E-state index contributed by atoms with van der Waals surface area (Å²) < 4.78 is 0. The van der Waals surface area contributed by atoms with Crippen molar-refractivity contribution in [3.05, 3.63) is 65.4 Å². The molecule has 2 aromatic carbocycles. The van der Waals surface area contributed by atoms with E-state index in [4.69, 9.17) is 28.9 Å². The van der Waals surface area contributed by atoms with Gasteiger partial charge in [0.25, 0.3) is 0 Å². The molecule has 0 radical (unpaired) electrons. The monoisotopic (exact) mass is 478 g/mol. The van der Waals surface area contributed by atoms with Crippen LogP contribution in [-0.2, 0) is 4.79 Å². The number of aromatic nitrogens is 3. The van der Waals surface area contributed by atoms with Crippen LogP contribution >= 0.6 is 23.2 Å². The number of hydrogen-bond acceptors (Lipinski definition) is 6.